The number of nitrogens with zero attached hydrogens (tertiary/aromatic N) is 4. The second-order valence-corrected chi connectivity index (χ2v) is 9.45. The van der Waals surface area contributed by atoms with Gasteiger partial charge in [0.2, 0.25) is 0 Å². The molecule has 2 N–H and O–H groups in total. The summed E-state index contributed by atoms with van der Waals surface area (Å²) in [7, 11) is 4.08. The number of H-pyrrole nitrogens is 2. The molecule has 0 fully saturated rings. The molecule has 0 aliphatic heterocycles. The fourth-order valence-electron chi connectivity index (χ4n) is 4.75. The zero-order valence-electron chi connectivity index (χ0n) is 20.3. The maximum absolute atomic E-state index is 14.1. The molecule has 4 heterocycles. The van der Waals surface area contributed by atoms with Gasteiger partial charge in [-0.25, -0.2) is 9.37 Å². The highest BCUT2D eigenvalue weighted by Crippen LogP contribution is 2.34. The van der Waals surface area contributed by atoms with Crippen LogP contribution in [0.15, 0.2) is 73.1 Å². The zero-order chi connectivity index (χ0) is 24.8. The summed E-state index contributed by atoms with van der Waals surface area (Å²) < 4.78 is 14.1. The zero-order valence-corrected chi connectivity index (χ0v) is 20.3. The summed E-state index contributed by atoms with van der Waals surface area (Å²) in [6, 6.07) is 19.3. The molecule has 0 aliphatic rings. The van der Waals surface area contributed by atoms with Gasteiger partial charge in [-0.3, -0.25) is 10.1 Å². The normalized spacial score (nSPS) is 11.7. The van der Waals surface area contributed by atoms with Crippen molar-refractivity contribution >= 4 is 21.9 Å². The van der Waals surface area contributed by atoms with Crippen LogP contribution in [0.25, 0.3) is 55.7 Å². The van der Waals surface area contributed by atoms with Crippen molar-refractivity contribution in [2.45, 2.75) is 13.5 Å². The number of rotatable bonds is 5. The average molecular weight is 477 g/mol. The standard InChI is InChI=1S/C29H25FN6/c1-17-9-19(12-21(30)10-17)22-5-4-6-25-23(22)13-27(32-25)29-28-26(34-35-29)8-7-24(33-28)20-11-18(14-31-15-20)16-36(2)3/h4-15,32H,16H2,1-3H3,(H,34,35). The molecule has 0 saturated heterocycles. The average Bonchev–Trinajstić information content (AvgIpc) is 3.46. The third-order valence-corrected chi connectivity index (χ3v) is 6.27. The van der Waals surface area contributed by atoms with Gasteiger partial charge in [-0.05, 0) is 85.7 Å². The summed E-state index contributed by atoms with van der Waals surface area (Å²) >= 11 is 0. The Morgan fingerprint density at radius 2 is 1.81 bits per heavy atom. The van der Waals surface area contributed by atoms with E-state index in [1.807, 2.05) is 69.8 Å². The van der Waals surface area contributed by atoms with E-state index in [4.69, 9.17) is 4.98 Å². The van der Waals surface area contributed by atoms with Gasteiger partial charge in [0.25, 0.3) is 0 Å². The smallest absolute Gasteiger partial charge is 0.135 e. The van der Waals surface area contributed by atoms with Crippen molar-refractivity contribution in [3.63, 3.8) is 0 Å². The highest BCUT2D eigenvalue weighted by molar-refractivity contribution is 6.00. The van der Waals surface area contributed by atoms with Crippen molar-refractivity contribution in [1.29, 1.82) is 0 Å². The van der Waals surface area contributed by atoms with Crippen LogP contribution >= 0.6 is 0 Å². The Labute approximate surface area is 207 Å². The fourth-order valence-corrected chi connectivity index (χ4v) is 4.75. The van der Waals surface area contributed by atoms with Crippen molar-refractivity contribution in [3.05, 3.63) is 90.0 Å². The molecule has 0 atom stereocenters. The van der Waals surface area contributed by atoms with Gasteiger partial charge in [0.15, 0.2) is 0 Å². The predicted molar refractivity (Wildman–Crippen MR) is 142 cm³/mol. The number of benzene rings is 2. The minimum absolute atomic E-state index is 0.239. The summed E-state index contributed by atoms with van der Waals surface area (Å²) in [5, 5.41) is 8.69. The molecule has 7 heteroatoms. The van der Waals surface area contributed by atoms with Gasteiger partial charge in [0, 0.05) is 35.4 Å². The minimum Gasteiger partial charge on any atom is -0.353 e. The first-order chi connectivity index (χ1) is 17.4. The first kappa shape index (κ1) is 22.1. The first-order valence-corrected chi connectivity index (χ1v) is 11.8. The first-order valence-electron chi connectivity index (χ1n) is 11.8. The molecule has 36 heavy (non-hydrogen) atoms. The van der Waals surface area contributed by atoms with Gasteiger partial charge in [-0.1, -0.05) is 18.2 Å². The molecule has 6 aromatic rings. The Bertz CT molecular complexity index is 1710. The van der Waals surface area contributed by atoms with E-state index in [2.05, 4.69) is 37.2 Å². The van der Waals surface area contributed by atoms with Gasteiger partial charge >= 0.3 is 0 Å². The highest BCUT2D eigenvalue weighted by Gasteiger charge is 2.16. The van der Waals surface area contributed by atoms with Crippen LogP contribution in [0.3, 0.4) is 0 Å². The lowest BCUT2D eigenvalue weighted by Crippen LogP contribution is -2.10. The second-order valence-electron chi connectivity index (χ2n) is 9.45. The molecule has 178 valence electrons. The molecule has 0 spiro atoms. The van der Waals surface area contributed by atoms with Crippen molar-refractivity contribution in [2.24, 2.45) is 0 Å². The maximum atomic E-state index is 14.1. The van der Waals surface area contributed by atoms with E-state index < -0.39 is 0 Å². The summed E-state index contributed by atoms with van der Waals surface area (Å²) in [6.45, 7) is 2.71. The Balaban J connectivity index is 1.45. The van der Waals surface area contributed by atoms with E-state index in [0.717, 1.165) is 73.4 Å². The van der Waals surface area contributed by atoms with Gasteiger partial charge < -0.3 is 9.88 Å². The Morgan fingerprint density at radius 1 is 0.917 bits per heavy atom. The van der Waals surface area contributed by atoms with Gasteiger partial charge in [-0.2, -0.15) is 5.10 Å². The van der Waals surface area contributed by atoms with Crippen molar-refractivity contribution < 1.29 is 4.39 Å². The lowest BCUT2D eigenvalue weighted by Gasteiger charge is -2.10. The molecule has 4 aromatic heterocycles. The molecule has 0 amide bonds. The van der Waals surface area contributed by atoms with E-state index in [-0.39, 0.29) is 5.82 Å². The molecule has 6 rings (SSSR count). The minimum atomic E-state index is -0.239. The van der Waals surface area contributed by atoms with Crippen LogP contribution in [0.1, 0.15) is 11.1 Å². The monoisotopic (exact) mass is 476 g/mol. The van der Waals surface area contributed by atoms with Crippen molar-refractivity contribution in [2.75, 3.05) is 14.1 Å². The predicted octanol–water partition coefficient (Wildman–Crippen LogP) is 6.34. The van der Waals surface area contributed by atoms with Crippen molar-refractivity contribution in [1.82, 2.24) is 30.0 Å². The second kappa shape index (κ2) is 8.70. The number of hydrogen-bond acceptors (Lipinski definition) is 4. The summed E-state index contributed by atoms with van der Waals surface area (Å²) in [6.07, 6.45) is 3.72. The number of aromatic amines is 2. The van der Waals surface area contributed by atoms with Crippen LogP contribution in [0.2, 0.25) is 0 Å². The third kappa shape index (κ3) is 4.03. The number of halogens is 1. The van der Waals surface area contributed by atoms with E-state index >= 15 is 0 Å². The van der Waals surface area contributed by atoms with Crippen LogP contribution in [0, 0.1) is 12.7 Å². The molecule has 0 bridgehead atoms. The van der Waals surface area contributed by atoms with E-state index in [1.54, 1.807) is 6.07 Å². The lowest BCUT2D eigenvalue weighted by atomic mass is 10.00. The van der Waals surface area contributed by atoms with Crippen LogP contribution in [-0.2, 0) is 6.54 Å². The van der Waals surface area contributed by atoms with Crippen LogP contribution < -0.4 is 0 Å². The lowest BCUT2D eigenvalue weighted by molar-refractivity contribution is 0.402. The largest absolute Gasteiger partial charge is 0.353 e. The number of nitrogens with one attached hydrogen (secondary N) is 2. The van der Waals surface area contributed by atoms with Crippen LogP contribution in [0.5, 0.6) is 0 Å². The molecular formula is C29H25FN6. The number of fused-ring (bicyclic) bond motifs is 2. The molecule has 0 radical (unpaired) electrons. The van der Waals surface area contributed by atoms with Gasteiger partial charge in [-0.15, -0.1) is 0 Å². The summed E-state index contributed by atoms with van der Waals surface area (Å²) in [5.74, 6) is -0.239. The molecule has 0 saturated carbocycles. The molecular weight excluding hydrogens is 451 g/mol. The summed E-state index contributed by atoms with van der Waals surface area (Å²) in [4.78, 5) is 15.0. The molecule has 0 unspecified atom stereocenters. The van der Waals surface area contributed by atoms with E-state index in [1.165, 1.54) is 6.07 Å². The molecule has 6 nitrogen and oxygen atoms in total. The van der Waals surface area contributed by atoms with Crippen LogP contribution in [-0.4, -0.2) is 44.1 Å². The maximum Gasteiger partial charge on any atom is 0.135 e. The Hall–Kier alpha value is -4.36. The SMILES string of the molecule is Cc1cc(F)cc(-c2cccc3[nH]c(-c4n[nH]c5ccc(-c6cncc(CN(C)C)c6)nc45)cc23)c1. The van der Waals surface area contributed by atoms with E-state index in [0.29, 0.717) is 0 Å². The number of hydrogen-bond donors (Lipinski definition) is 2. The fraction of sp³-hybridized carbons (Fsp3) is 0.138. The Kier molecular flexibility index (Phi) is 5.34. The Morgan fingerprint density at radius 3 is 2.64 bits per heavy atom. The van der Waals surface area contributed by atoms with Crippen molar-refractivity contribution in [3.8, 4) is 33.8 Å². The third-order valence-electron chi connectivity index (χ3n) is 6.27. The number of aromatic nitrogens is 5. The quantitative estimate of drug-likeness (QED) is 0.304. The molecule has 2 aromatic carbocycles. The topological polar surface area (TPSA) is 73.5 Å². The molecule has 0 aliphatic carbocycles. The van der Waals surface area contributed by atoms with Gasteiger partial charge in [0.05, 0.1) is 16.9 Å². The highest BCUT2D eigenvalue weighted by atomic mass is 19.1. The van der Waals surface area contributed by atoms with Crippen LogP contribution in [0.4, 0.5) is 4.39 Å². The van der Waals surface area contributed by atoms with E-state index in [9.17, 15) is 4.39 Å². The summed E-state index contributed by atoms with van der Waals surface area (Å²) in [5.41, 5.74) is 9.80. The number of pyridine rings is 2. The number of aryl methyl sites for hydroxylation is 1. The van der Waals surface area contributed by atoms with Gasteiger partial charge in [0.1, 0.15) is 17.0 Å².